The lowest BCUT2D eigenvalue weighted by molar-refractivity contribution is -0.135. The van der Waals surface area contributed by atoms with Gasteiger partial charge in [-0.15, -0.1) is 0 Å². The van der Waals surface area contributed by atoms with E-state index >= 15 is 0 Å². The molecule has 1 amide bonds. The van der Waals surface area contributed by atoms with Crippen molar-refractivity contribution in [1.82, 2.24) is 9.88 Å². The Morgan fingerprint density at radius 1 is 1.21 bits per heavy atom. The molecule has 7 heteroatoms. The van der Waals surface area contributed by atoms with Crippen LogP contribution in [0.1, 0.15) is 18.4 Å². The van der Waals surface area contributed by atoms with E-state index in [1.807, 2.05) is 54.3 Å². The first-order valence-corrected chi connectivity index (χ1v) is 10.5. The molecule has 0 radical (unpaired) electrons. The van der Waals surface area contributed by atoms with Crippen LogP contribution in [0.5, 0.6) is 16.7 Å². The third kappa shape index (κ3) is 4.62. The SMILES string of the molecule is COc1ccc2nc(OC3CCN(C(=O)COc4ccccc4C)CC3)sc2c1. The highest BCUT2D eigenvalue weighted by Crippen LogP contribution is 2.32. The van der Waals surface area contributed by atoms with Crippen LogP contribution in [0, 0.1) is 6.92 Å². The number of nitrogens with zero attached hydrogens (tertiary/aromatic N) is 2. The number of para-hydroxylation sites is 1. The van der Waals surface area contributed by atoms with E-state index in [0.717, 1.165) is 40.1 Å². The lowest BCUT2D eigenvalue weighted by Crippen LogP contribution is -2.43. The Bertz CT molecular complexity index is 995. The second-order valence-electron chi connectivity index (χ2n) is 7.07. The average molecular weight is 413 g/mol. The number of fused-ring (bicyclic) bond motifs is 1. The van der Waals surface area contributed by atoms with Crippen molar-refractivity contribution < 1.29 is 19.0 Å². The van der Waals surface area contributed by atoms with E-state index in [0.29, 0.717) is 18.3 Å². The first kappa shape index (κ1) is 19.5. The molecule has 1 aliphatic heterocycles. The number of hydrogen-bond acceptors (Lipinski definition) is 6. The van der Waals surface area contributed by atoms with Crippen LogP contribution in [0.3, 0.4) is 0 Å². The normalized spacial score (nSPS) is 14.8. The summed E-state index contributed by atoms with van der Waals surface area (Å²) < 4.78 is 18.1. The first-order chi connectivity index (χ1) is 14.1. The van der Waals surface area contributed by atoms with Gasteiger partial charge in [-0.25, -0.2) is 4.98 Å². The first-order valence-electron chi connectivity index (χ1n) is 9.70. The van der Waals surface area contributed by atoms with Crippen LogP contribution in [0.4, 0.5) is 0 Å². The minimum absolute atomic E-state index is 0.0128. The van der Waals surface area contributed by atoms with Gasteiger partial charge in [0.1, 0.15) is 17.6 Å². The predicted molar refractivity (Wildman–Crippen MR) is 113 cm³/mol. The van der Waals surface area contributed by atoms with Crippen molar-refractivity contribution in [3.63, 3.8) is 0 Å². The van der Waals surface area contributed by atoms with Crippen molar-refractivity contribution in [3.8, 4) is 16.7 Å². The maximum atomic E-state index is 12.5. The zero-order chi connectivity index (χ0) is 20.2. The summed E-state index contributed by atoms with van der Waals surface area (Å²) in [5.41, 5.74) is 1.94. The Kier molecular flexibility index (Phi) is 5.85. The van der Waals surface area contributed by atoms with E-state index in [9.17, 15) is 4.79 Å². The van der Waals surface area contributed by atoms with E-state index in [2.05, 4.69) is 4.98 Å². The van der Waals surface area contributed by atoms with Crippen molar-refractivity contribution in [3.05, 3.63) is 48.0 Å². The minimum Gasteiger partial charge on any atom is -0.497 e. The van der Waals surface area contributed by atoms with Gasteiger partial charge in [-0.2, -0.15) is 0 Å². The minimum atomic E-state index is 0.0128. The van der Waals surface area contributed by atoms with E-state index in [1.165, 1.54) is 11.3 Å². The van der Waals surface area contributed by atoms with Gasteiger partial charge in [0.15, 0.2) is 6.61 Å². The van der Waals surface area contributed by atoms with Gasteiger partial charge in [-0.05, 0) is 36.8 Å². The molecule has 152 valence electrons. The van der Waals surface area contributed by atoms with Crippen molar-refractivity contribution in [2.75, 3.05) is 26.8 Å². The Balaban J connectivity index is 1.28. The lowest BCUT2D eigenvalue weighted by Gasteiger charge is -2.31. The van der Waals surface area contributed by atoms with Crippen molar-refractivity contribution in [1.29, 1.82) is 0 Å². The number of likely N-dealkylation sites (tertiary alicyclic amines) is 1. The molecule has 2 aromatic carbocycles. The number of ether oxygens (including phenoxy) is 3. The number of thiazole rings is 1. The molecule has 6 nitrogen and oxygen atoms in total. The highest BCUT2D eigenvalue weighted by atomic mass is 32.1. The molecule has 0 unspecified atom stereocenters. The van der Waals surface area contributed by atoms with Crippen LogP contribution in [-0.4, -0.2) is 48.7 Å². The Morgan fingerprint density at radius 3 is 2.76 bits per heavy atom. The summed E-state index contributed by atoms with van der Waals surface area (Å²) in [6, 6.07) is 13.5. The fourth-order valence-corrected chi connectivity index (χ4v) is 4.29. The van der Waals surface area contributed by atoms with Gasteiger partial charge in [0.25, 0.3) is 11.1 Å². The third-order valence-corrected chi connectivity index (χ3v) is 5.99. The molecule has 0 spiro atoms. The van der Waals surface area contributed by atoms with Gasteiger partial charge < -0.3 is 19.1 Å². The number of amides is 1. The van der Waals surface area contributed by atoms with Crippen molar-refractivity contribution in [2.45, 2.75) is 25.9 Å². The monoisotopic (exact) mass is 412 g/mol. The van der Waals surface area contributed by atoms with Crippen LogP contribution in [0.25, 0.3) is 10.2 Å². The van der Waals surface area contributed by atoms with E-state index in [4.69, 9.17) is 14.2 Å². The van der Waals surface area contributed by atoms with Crippen LogP contribution in [0.2, 0.25) is 0 Å². The Morgan fingerprint density at radius 2 is 2.00 bits per heavy atom. The molecular formula is C22H24N2O4S. The molecule has 29 heavy (non-hydrogen) atoms. The molecule has 1 saturated heterocycles. The van der Waals surface area contributed by atoms with E-state index in [-0.39, 0.29) is 18.6 Å². The quantitative estimate of drug-likeness (QED) is 0.611. The number of methoxy groups -OCH3 is 1. The molecular weight excluding hydrogens is 388 g/mol. The smallest absolute Gasteiger partial charge is 0.274 e. The number of carbonyl (C=O) groups excluding carboxylic acids is 1. The van der Waals surface area contributed by atoms with Crippen LogP contribution in [-0.2, 0) is 4.79 Å². The summed E-state index contributed by atoms with van der Waals surface area (Å²) in [5, 5.41) is 0.668. The van der Waals surface area contributed by atoms with Crippen LogP contribution in [0.15, 0.2) is 42.5 Å². The van der Waals surface area contributed by atoms with Gasteiger partial charge in [0.05, 0.1) is 17.3 Å². The molecule has 0 saturated carbocycles. The maximum absolute atomic E-state index is 12.5. The molecule has 0 atom stereocenters. The number of benzene rings is 2. The summed E-state index contributed by atoms with van der Waals surface area (Å²) in [6.07, 6.45) is 1.64. The summed E-state index contributed by atoms with van der Waals surface area (Å²) in [5.74, 6) is 1.58. The highest BCUT2D eigenvalue weighted by molar-refractivity contribution is 7.20. The fourth-order valence-electron chi connectivity index (χ4n) is 3.38. The van der Waals surface area contributed by atoms with Gasteiger partial charge in [0, 0.05) is 25.9 Å². The molecule has 1 aromatic heterocycles. The Labute approximate surface area is 174 Å². The maximum Gasteiger partial charge on any atom is 0.274 e. The number of rotatable bonds is 6. The predicted octanol–water partition coefficient (Wildman–Crippen LogP) is 4.06. The summed E-state index contributed by atoms with van der Waals surface area (Å²) in [6.45, 7) is 3.37. The second kappa shape index (κ2) is 8.69. The molecule has 1 fully saturated rings. The lowest BCUT2D eigenvalue weighted by atomic mass is 10.1. The molecule has 0 bridgehead atoms. The summed E-state index contributed by atoms with van der Waals surface area (Å²) >= 11 is 1.52. The molecule has 3 aromatic rings. The molecule has 0 aliphatic carbocycles. The molecule has 0 N–H and O–H groups in total. The number of piperidine rings is 1. The van der Waals surface area contributed by atoms with Gasteiger partial charge in [0.2, 0.25) is 0 Å². The zero-order valence-electron chi connectivity index (χ0n) is 16.6. The number of hydrogen-bond donors (Lipinski definition) is 0. The number of aryl methyl sites for hydroxylation is 1. The molecule has 1 aliphatic rings. The summed E-state index contributed by atoms with van der Waals surface area (Å²) in [7, 11) is 1.65. The Hall–Kier alpha value is -2.80. The highest BCUT2D eigenvalue weighted by Gasteiger charge is 2.25. The van der Waals surface area contributed by atoms with Crippen molar-refractivity contribution >= 4 is 27.5 Å². The van der Waals surface area contributed by atoms with Crippen LogP contribution >= 0.6 is 11.3 Å². The molecule has 4 rings (SSSR count). The van der Waals surface area contributed by atoms with Gasteiger partial charge >= 0.3 is 0 Å². The second-order valence-corrected chi connectivity index (χ2v) is 8.06. The third-order valence-electron chi connectivity index (χ3n) is 5.08. The van der Waals surface area contributed by atoms with E-state index in [1.54, 1.807) is 7.11 Å². The summed E-state index contributed by atoms with van der Waals surface area (Å²) in [4.78, 5) is 18.9. The molecule has 2 heterocycles. The number of carbonyl (C=O) groups is 1. The average Bonchev–Trinajstić information content (AvgIpc) is 3.14. The fraction of sp³-hybridized carbons (Fsp3) is 0.364. The van der Waals surface area contributed by atoms with Gasteiger partial charge in [-0.3, -0.25) is 4.79 Å². The zero-order valence-corrected chi connectivity index (χ0v) is 17.4. The standard InChI is InChI=1S/C22H24N2O4S/c1-15-5-3-4-6-19(15)27-14-21(25)24-11-9-16(10-12-24)28-22-23-18-8-7-17(26-2)13-20(18)29-22/h3-8,13,16H,9-12,14H2,1-2H3. The largest absolute Gasteiger partial charge is 0.497 e. The van der Waals surface area contributed by atoms with Crippen LogP contribution < -0.4 is 14.2 Å². The number of aromatic nitrogens is 1. The van der Waals surface area contributed by atoms with Gasteiger partial charge in [-0.1, -0.05) is 29.5 Å². The van der Waals surface area contributed by atoms with Crippen molar-refractivity contribution in [2.24, 2.45) is 0 Å². The van der Waals surface area contributed by atoms with E-state index < -0.39 is 0 Å². The topological polar surface area (TPSA) is 60.9 Å².